The number of nitro benzene ring substituents is 1. The minimum Gasteiger partial charge on any atom is -0.298 e. The number of halogens is 2. The molecule has 0 aliphatic carbocycles. The quantitative estimate of drug-likeness (QED) is 0.510. The number of carbonyl (C=O) groups is 1. The lowest BCUT2D eigenvalue weighted by Crippen LogP contribution is -2.14. The fraction of sp³-hybridized carbons (Fsp3) is 0.111. The molecule has 0 saturated carbocycles. The van der Waals surface area contributed by atoms with Gasteiger partial charge in [-0.1, -0.05) is 6.07 Å². The van der Waals surface area contributed by atoms with Gasteiger partial charge in [0.1, 0.15) is 0 Å². The van der Waals surface area contributed by atoms with Crippen LogP contribution in [0, 0.1) is 35.6 Å². The number of carbonyl (C=O) groups excluding carboxylic acids is 1. The van der Waals surface area contributed by atoms with Gasteiger partial charge in [0.15, 0.2) is 16.8 Å². The molecule has 3 rings (SSSR count). The van der Waals surface area contributed by atoms with Crippen LogP contribution >= 0.6 is 11.3 Å². The first-order valence-electron chi connectivity index (χ1n) is 7.76. The van der Waals surface area contributed by atoms with Crippen LogP contribution in [0.25, 0.3) is 11.3 Å². The average molecular weight is 389 g/mol. The molecule has 138 valence electrons. The predicted octanol–water partition coefficient (Wildman–Crippen LogP) is 4.87. The SMILES string of the molecule is Cc1sc(NC(=O)c2cccc([N+](=O)[O-])c2C)nc1-c1ccc(F)c(F)c1. The van der Waals surface area contributed by atoms with Crippen LogP contribution in [-0.2, 0) is 0 Å². The number of nitro groups is 1. The molecule has 0 radical (unpaired) electrons. The van der Waals surface area contributed by atoms with Gasteiger partial charge in [0.05, 0.1) is 10.6 Å². The number of aromatic nitrogens is 1. The number of anilines is 1. The van der Waals surface area contributed by atoms with Gasteiger partial charge in [-0.05, 0) is 38.1 Å². The highest BCUT2D eigenvalue weighted by atomic mass is 32.1. The number of rotatable bonds is 4. The maximum absolute atomic E-state index is 13.5. The van der Waals surface area contributed by atoms with Gasteiger partial charge >= 0.3 is 0 Å². The molecule has 0 aliphatic heterocycles. The van der Waals surface area contributed by atoms with Crippen LogP contribution in [-0.4, -0.2) is 15.8 Å². The molecule has 9 heteroatoms. The summed E-state index contributed by atoms with van der Waals surface area (Å²) in [5, 5.41) is 13.9. The van der Waals surface area contributed by atoms with E-state index in [0.29, 0.717) is 16.1 Å². The zero-order valence-electron chi connectivity index (χ0n) is 14.2. The van der Waals surface area contributed by atoms with E-state index in [1.807, 2.05) is 0 Å². The summed E-state index contributed by atoms with van der Waals surface area (Å²) in [6.07, 6.45) is 0. The highest BCUT2D eigenvalue weighted by Crippen LogP contribution is 2.31. The minimum absolute atomic E-state index is 0.152. The lowest BCUT2D eigenvalue weighted by molar-refractivity contribution is -0.385. The number of benzene rings is 2. The Morgan fingerprint density at radius 3 is 2.59 bits per heavy atom. The molecule has 1 N–H and O–H groups in total. The normalized spacial score (nSPS) is 10.7. The summed E-state index contributed by atoms with van der Waals surface area (Å²) in [6, 6.07) is 7.67. The first-order valence-corrected chi connectivity index (χ1v) is 8.57. The lowest BCUT2D eigenvalue weighted by atomic mass is 10.1. The molecule has 0 bridgehead atoms. The number of nitrogens with one attached hydrogen (secondary N) is 1. The largest absolute Gasteiger partial charge is 0.298 e. The zero-order chi connectivity index (χ0) is 19.7. The van der Waals surface area contributed by atoms with Crippen LogP contribution in [0.3, 0.4) is 0 Å². The standard InChI is InChI=1S/C18H13F2N3O3S/c1-9-12(4-3-5-15(9)23(25)26)17(24)22-18-21-16(10(2)27-18)11-6-7-13(19)14(20)8-11/h3-8H,1-2H3,(H,21,22,24). The molecular weight excluding hydrogens is 376 g/mol. The van der Waals surface area contributed by atoms with E-state index in [1.54, 1.807) is 6.92 Å². The van der Waals surface area contributed by atoms with E-state index in [4.69, 9.17) is 0 Å². The van der Waals surface area contributed by atoms with Gasteiger partial charge in [-0.3, -0.25) is 20.2 Å². The Balaban J connectivity index is 1.89. The number of nitrogens with zero attached hydrogens (tertiary/aromatic N) is 2. The summed E-state index contributed by atoms with van der Waals surface area (Å²) < 4.78 is 26.6. The van der Waals surface area contributed by atoms with Crippen molar-refractivity contribution in [1.29, 1.82) is 0 Å². The van der Waals surface area contributed by atoms with Gasteiger partial charge in [-0.2, -0.15) is 0 Å². The predicted molar refractivity (Wildman–Crippen MR) is 98.0 cm³/mol. The van der Waals surface area contributed by atoms with Crippen LogP contribution in [0.1, 0.15) is 20.8 Å². The van der Waals surface area contributed by atoms with Crippen LogP contribution in [0.2, 0.25) is 0 Å². The first-order chi connectivity index (χ1) is 12.8. The van der Waals surface area contributed by atoms with Crippen LogP contribution in [0.15, 0.2) is 36.4 Å². The van der Waals surface area contributed by atoms with E-state index >= 15 is 0 Å². The average Bonchev–Trinajstić information content (AvgIpc) is 2.97. The molecular formula is C18H13F2N3O3S. The highest BCUT2D eigenvalue weighted by Gasteiger charge is 2.20. The number of aryl methyl sites for hydroxylation is 1. The van der Waals surface area contributed by atoms with Crippen LogP contribution in [0.5, 0.6) is 0 Å². The van der Waals surface area contributed by atoms with Gasteiger partial charge in [-0.25, -0.2) is 13.8 Å². The molecule has 6 nitrogen and oxygen atoms in total. The molecule has 1 amide bonds. The van der Waals surface area contributed by atoms with Crippen molar-refractivity contribution in [3.63, 3.8) is 0 Å². The molecule has 1 aromatic heterocycles. The van der Waals surface area contributed by atoms with Crippen molar-refractivity contribution in [2.45, 2.75) is 13.8 Å². The second kappa shape index (κ2) is 7.20. The van der Waals surface area contributed by atoms with E-state index in [1.165, 1.54) is 42.5 Å². The van der Waals surface area contributed by atoms with E-state index in [-0.39, 0.29) is 21.9 Å². The summed E-state index contributed by atoms with van der Waals surface area (Å²) in [4.78, 5) is 27.9. The summed E-state index contributed by atoms with van der Waals surface area (Å²) in [6.45, 7) is 3.23. The first kappa shape index (κ1) is 18.6. The Morgan fingerprint density at radius 1 is 1.19 bits per heavy atom. The highest BCUT2D eigenvalue weighted by molar-refractivity contribution is 7.16. The van der Waals surface area contributed by atoms with Crippen LogP contribution < -0.4 is 5.32 Å². The van der Waals surface area contributed by atoms with Crippen molar-refractivity contribution in [2.75, 3.05) is 5.32 Å². The summed E-state index contributed by atoms with van der Waals surface area (Å²) in [5.41, 5.74) is 1.06. The topological polar surface area (TPSA) is 85.1 Å². The fourth-order valence-electron chi connectivity index (χ4n) is 2.59. The van der Waals surface area contributed by atoms with Crippen molar-refractivity contribution in [2.24, 2.45) is 0 Å². The van der Waals surface area contributed by atoms with Gasteiger partial charge in [-0.15, -0.1) is 11.3 Å². The van der Waals surface area contributed by atoms with Crippen LogP contribution in [0.4, 0.5) is 19.6 Å². The summed E-state index contributed by atoms with van der Waals surface area (Å²) in [7, 11) is 0. The molecule has 0 unspecified atom stereocenters. The maximum Gasteiger partial charge on any atom is 0.273 e. The van der Waals surface area contributed by atoms with Gasteiger partial charge in [0, 0.05) is 27.6 Å². The van der Waals surface area contributed by atoms with Gasteiger partial charge in [0.25, 0.3) is 11.6 Å². The monoisotopic (exact) mass is 389 g/mol. The Bertz CT molecular complexity index is 1070. The second-order valence-electron chi connectivity index (χ2n) is 5.71. The molecule has 2 aromatic carbocycles. The third-order valence-corrected chi connectivity index (χ3v) is 4.84. The second-order valence-corrected chi connectivity index (χ2v) is 6.92. The number of hydrogen-bond acceptors (Lipinski definition) is 5. The maximum atomic E-state index is 13.5. The van der Waals surface area contributed by atoms with Crippen molar-refractivity contribution in [3.05, 3.63) is 74.2 Å². The molecule has 0 atom stereocenters. The molecule has 3 aromatic rings. The van der Waals surface area contributed by atoms with Crippen molar-refractivity contribution in [3.8, 4) is 11.3 Å². The molecule has 27 heavy (non-hydrogen) atoms. The van der Waals surface area contributed by atoms with Crippen molar-refractivity contribution < 1.29 is 18.5 Å². The van der Waals surface area contributed by atoms with Crippen molar-refractivity contribution in [1.82, 2.24) is 4.98 Å². The number of hydrogen-bond donors (Lipinski definition) is 1. The Kier molecular flexibility index (Phi) is 4.95. The smallest absolute Gasteiger partial charge is 0.273 e. The third-order valence-electron chi connectivity index (χ3n) is 3.96. The Morgan fingerprint density at radius 2 is 1.93 bits per heavy atom. The summed E-state index contributed by atoms with van der Waals surface area (Å²) >= 11 is 1.17. The molecule has 0 fully saturated rings. The number of amides is 1. The van der Waals surface area contributed by atoms with Gasteiger partial charge in [0.2, 0.25) is 0 Å². The molecule has 1 heterocycles. The Labute approximate surface area is 156 Å². The van der Waals surface area contributed by atoms with E-state index < -0.39 is 22.5 Å². The zero-order valence-corrected chi connectivity index (χ0v) is 15.1. The Hall–Kier alpha value is -3.20. The molecule has 0 saturated heterocycles. The van der Waals surface area contributed by atoms with E-state index in [0.717, 1.165) is 12.1 Å². The van der Waals surface area contributed by atoms with Crippen molar-refractivity contribution >= 4 is 28.1 Å². The van der Waals surface area contributed by atoms with Gasteiger partial charge < -0.3 is 0 Å². The fourth-order valence-corrected chi connectivity index (χ4v) is 3.42. The molecule has 0 spiro atoms. The lowest BCUT2D eigenvalue weighted by Gasteiger charge is -2.05. The summed E-state index contributed by atoms with van der Waals surface area (Å²) in [5.74, 6) is -2.49. The molecule has 0 aliphatic rings. The number of thiazole rings is 1. The van der Waals surface area contributed by atoms with E-state index in [9.17, 15) is 23.7 Å². The third kappa shape index (κ3) is 3.68. The van der Waals surface area contributed by atoms with E-state index in [2.05, 4.69) is 10.3 Å². The minimum atomic E-state index is -0.988.